The number of hydrogen-bond acceptors (Lipinski definition) is 6. The summed E-state index contributed by atoms with van der Waals surface area (Å²) in [4.78, 5) is 33.4. The highest BCUT2D eigenvalue weighted by Gasteiger charge is 2.14. The highest BCUT2D eigenvalue weighted by atomic mass is 16.7. The summed E-state index contributed by atoms with van der Waals surface area (Å²) >= 11 is 0. The number of nitrogens with one attached hydrogen (secondary N) is 1. The van der Waals surface area contributed by atoms with Gasteiger partial charge in [0.2, 0.25) is 0 Å². The summed E-state index contributed by atoms with van der Waals surface area (Å²) in [5, 5.41) is 7.60. The van der Waals surface area contributed by atoms with Crippen molar-refractivity contribution in [1.82, 2.24) is 4.98 Å². The zero-order valence-electron chi connectivity index (χ0n) is 16.3. The molecule has 3 rings (SSSR count). The van der Waals surface area contributed by atoms with Gasteiger partial charge in [-0.25, -0.2) is 10.3 Å². The Bertz CT molecular complexity index is 1040. The van der Waals surface area contributed by atoms with Crippen molar-refractivity contribution in [2.24, 2.45) is 10.2 Å². The van der Waals surface area contributed by atoms with Crippen molar-refractivity contribution >= 4 is 23.3 Å². The molecule has 1 heterocycles. The molecule has 0 radical (unpaired) electrons. The fourth-order valence-corrected chi connectivity index (χ4v) is 2.91. The van der Waals surface area contributed by atoms with Crippen LogP contribution in [0.3, 0.4) is 0 Å². The van der Waals surface area contributed by atoms with Crippen LogP contribution in [0.4, 0.5) is 11.4 Å². The number of amides is 1. The van der Waals surface area contributed by atoms with Crippen molar-refractivity contribution in [3.05, 3.63) is 88.7 Å². The fraction of sp³-hybridized carbons (Fsp3) is 0.136. The minimum Gasteiger partial charge on any atom is -0.338 e. The van der Waals surface area contributed by atoms with Gasteiger partial charge >= 0.3 is 5.97 Å². The molecule has 1 aromatic heterocycles. The molecule has 0 aliphatic carbocycles. The Hall–Kier alpha value is -3.87. The molecule has 1 N–H and O–H groups in total. The van der Waals surface area contributed by atoms with Gasteiger partial charge in [0.15, 0.2) is 0 Å². The molecule has 7 nitrogen and oxygen atoms in total. The van der Waals surface area contributed by atoms with Gasteiger partial charge in [0.1, 0.15) is 0 Å². The van der Waals surface area contributed by atoms with Crippen molar-refractivity contribution in [3.63, 3.8) is 0 Å². The first-order valence-electron chi connectivity index (χ1n) is 8.95. The van der Waals surface area contributed by atoms with Gasteiger partial charge in [0.05, 0.1) is 16.9 Å². The third-order valence-corrected chi connectivity index (χ3v) is 4.19. The first-order valence-corrected chi connectivity index (χ1v) is 8.95. The molecule has 0 saturated heterocycles. The highest BCUT2D eigenvalue weighted by molar-refractivity contribution is 5.94. The number of rotatable bonds is 5. The summed E-state index contributed by atoms with van der Waals surface area (Å²) in [6, 6.07) is 13.7. The summed E-state index contributed by atoms with van der Waals surface area (Å²) < 4.78 is 0. The molecule has 3 aromatic rings. The standard InChI is InChI=1S/C22H20N4O3/c1-14-12-15(2)20(16(3)13-14)22(28)29-26-19-6-4-18(5-7-19)24-25-21(27)17-8-10-23-11-9-17/h4-13,26H,1-3H3. The molecule has 1 amide bonds. The first-order chi connectivity index (χ1) is 13.9. The number of benzene rings is 2. The Labute approximate surface area is 168 Å². The SMILES string of the molecule is Cc1cc(C)c(C(=O)ONc2ccc(N=NC(=O)c3ccncc3)cc2)c(C)c1. The molecule has 0 bridgehead atoms. The van der Waals surface area contributed by atoms with Gasteiger partial charge in [-0.3, -0.25) is 9.78 Å². The van der Waals surface area contributed by atoms with Gasteiger partial charge in [-0.1, -0.05) is 17.7 Å². The third-order valence-electron chi connectivity index (χ3n) is 4.19. The van der Waals surface area contributed by atoms with Crippen LogP contribution in [-0.4, -0.2) is 16.9 Å². The molecule has 0 atom stereocenters. The van der Waals surface area contributed by atoms with Crippen molar-refractivity contribution in [1.29, 1.82) is 0 Å². The second-order valence-corrected chi connectivity index (χ2v) is 6.55. The summed E-state index contributed by atoms with van der Waals surface area (Å²) in [6.45, 7) is 5.74. The van der Waals surface area contributed by atoms with E-state index in [9.17, 15) is 9.59 Å². The number of aromatic nitrogens is 1. The van der Waals surface area contributed by atoms with E-state index in [-0.39, 0.29) is 0 Å². The predicted molar refractivity (Wildman–Crippen MR) is 109 cm³/mol. The number of carbonyl (C=O) groups excluding carboxylic acids is 2. The maximum absolute atomic E-state index is 12.4. The van der Waals surface area contributed by atoms with E-state index < -0.39 is 11.9 Å². The van der Waals surface area contributed by atoms with Crippen LogP contribution in [-0.2, 0) is 4.84 Å². The minimum absolute atomic E-state index is 0.413. The van der Waals surface area contributed by atoms with E-state index in [1.54, 1.807) is 36.4 Å². The highest BCUT2D eigenvalue weighted by Crippen LogP contribution is 2.20. The van der Waals surface area contributed by atoms with E-state index in [0.29, 0.717) is 22.5 Å². The Kier molecular flexibility index (Phi) is 6.09. The van der Waals surface area contributed by atoms with Crippen LogP contribution in [0, 0.1) is 20.8 Å². The monoisotopic (exact) mass is 388 g/mol. The van der Waals surface area contributed by atoms with Crippen LogP contribution in [0.1, 0.15) is 37.4 Å². The maximum atomic E-state index is 12.4. The number of pyridine rings is 1. The van der Waals surface area contributed by atoms with Crippen LogP contribution < -0.4 is 5.48 Å². The van der Waals surface area contributed by atoms with Crippen molar-refractivity contribution < 1.29 is 14.4 Å². The van der Waals surface area contributed by atoms with Gasteiger partial charge in [0.25, 0.3) is 5.91 Å². The van der Waals surface area contributed by atoms with Crippen LogP contribution >= 0.6 is 0 Å². The molecule has 7 heteroatoms. The lowest BCUT2D eigenvalue weighted by Crippen LogP contribution is -2.13. The normalized spacial score (nSPS) is 10.7. The second-order valence-electron chi connectivity index (χ2n) is 6.55. The van der Waals surface area contributed by atoms with Gasteiger partial charge in [-0.05, 0) is 68.3 Å². The average molecular weight is 388 g/mol. The van der Waals surface area contributed by atoms with Crippen LogP contribution in [0.15, 0.2) is 71.2 Å². The maximum Gasteiger partial charge on any atom is 0.363 e. The summed E-state index contributed by atoms with van der Waals surface area (Å²) in [5.74, 6) is -0.904. The molecule has 0 aliphatic rings. The second kappa shape index (κ2) is 8.88. The number of hydrogen-bond donors (Lipinski definition) is 1. The zero-order valence-corrected chi connectivity index (χ0v) is 16.3. The molecule has 146 valence electrons. The number of nitrogens with zero attached hydrogens (tertiary/aromatic N) is 3. The summed E-state index contributed by atoms with van der Waals surface area (Å²) in [7, 11) is 0. The van der Waals surface area contributed by atoms with Gasteiger partial charge < -0.3 is 4.84 Å². The van der Waals surface area contributed by atoms with E-state index >= 15 is 0 Å². The van der Waals surface area contributed by atoms with Crippen molar-refractivity contribution in [2.45, 2.75) is 20.8 Å². The fourth-order valence-electron chi connectivity index (χ4n) is 2.91. The molecule has 29 heavy (non-hydrogen) atoms. The molecule has 0 spiro atoms. The first kappa shape index (κ1) is 19.9. The molecule has 0 saturated carbocycles. The Morgan fingerprint density at radius 1 is 0.931 bits per heavy atom. The molecule has 0 fully saturated rings. The molecular formula is C22H20N4O3. The lowest BCUT2D eigenvalue weighted by molar-refractivity contribution is 0.0594. The van der Waals surface area contributed by atoms with Crippen molar-refractivity contribution in [2.75, 3.05) is 5.48 Å². The van der Waals surface area contributed by atoms with E-state index in [1.165, 1.54) is 12.4 Å². The number of carbonyl (C=O) groups is 2. The summed E-state index contributed by atoms with van der Waals surface area (Å²) in [5.41, 5.74) is 7.48. The number of aryl methyl sites for hydroxylation is 3. The van der Waals surface area contributed by atoms with Crippen LogP contribution in [0.2, 0.25) is 0 Å². The smallest absolute Gasteiger partial charge is 0.338 e. The summed E-state index contributed by atoms with van der Waals surface area (Å²) in [6.07, 6.45) is 3.04. The van der Waals surface area contributed by atoms with Crippen LogP contribution in [0.25, 0.3) is 0 Å². The van der Waals surface area contributed by atoms with Crippen molar-refractivity contribution in [3.8, 4) is 0 Å². The molecular weight excluding hydrogens is 368 g/mol. The molecule has 2 aromatic carbocycles. The van der Waals surface area contributed by atoms with E-state index in [4.69, 9.17) is 4.84 Å². The quantitative estimate of drug-likeness (QED) is 0.484. The van der Waals surface area contributed by atoms with Crippen LogP contribution in [0.5, 0.6) is 0 Å². The number of azo groups is 1. The largest absolute Gasteiger partial charge is 0.363 e. The lowest BCUT2D eigenvalue weighted by Gasteiger charge is -2.11. The topological polar surface area (TPSA) is 93.0 Å². The average Bonchev–Trinajstić information content (AvgIpc) is 2.71. The Morgan fingerprint density at radius 2 is 1.55 bits per heavy atom. The lowest BCUT2D eigenvalue weighted by atomic mass is 10.0. The van der Waals surface area contributed by atoms with Gasteiger partial charge in [0, 0.05) is 18.0 Å². The zero-order chi connectivity index (χ0) is 20.8. The Morgan fingerprint density at radius 3 is 2.17 bits per heavy atom. The van der Waals surface area contributed by atoms with E-state index in [2.05, 4.69) is 20.7 Å². The molecule has 0 unspecified atom stereocenters. The Balaban J connectivity index is 1.60. The third kappa shape index (κ3) is 5.10. The minimum atomic E-state index is -0.452. The molecule has 0 aliphatic heterocycles. The van der Waals surface area contributed by atoms with Gasteiger partial charge in [-0.2, -0.15) is 0 Å². The van der Waals surface area contributed by atoms with Gasteiger partial charge in [-0.15, -0.1) is 10.2 Å². The number of anilines is 1. The van der Waals surface area contributed by atoms with E-state index in [0.717, 1.165) is 16.7 Å². The van der Waals surface area contributed by atoms with E-state index in [1.807, 2.05) is 32.9 Å². The predicted octanol–water partition coefficient (Wildman–Crippen LogP) is 5.11.